The van der Waals surface area contributed by atoms with Crippen molar-refractivity contribution in [3.63, 3.8) is 0 Å². The Hall–Kier alpha value is -1.40. The first-order chi connectivity index (χ1) is 10.5. The molecule has 2 N–H and O–H groups in total. The van der Waals surface area contributed by atoms with Crippen LogP contribution in [0.25, 0.3) is 0 Å². The molecule has 0 aliphatic rings. The largest absolute Gasteiger partial charge is 0.356 e. The molecule has 0 amide bonds. The zero-order valence-electron chi connectivity index (χ0n) is 13.6. The number of thiophene rings is 1. The minimum Gasteiger partial charge on any atom is -0.356 e. The third-order valence-electron chi connectivity index (χ3n) is 3.45. The molecule has 0 radical (unpaired) electrons. The molecule has 2 aromatic rings. The molecule has 0 saturated carbocycles. The number of hydrogen-bond acceptors (Lipinski definition) is 4. The zero-order chi connectivity index (χ0) is 16.0. The number of aromatic nitrogens is 1. The SMILES string of the molecule is CN=C(NCCc1csc(C)n1)NCC(C)(C)c1cccs1. The van der Waals surface area contributed by atoms with Crippen LogP contribution >= 0.6 is 22.7 Å². The summed E-state index contributed by atoms with van der Waals surface area (Å²) in [5.41, 5.74) is 1.24. The van der Waals surface area contributed by atoms with Crippen molar-refractivity contribution in [3.8, 4) is 0 Å². The lowest BCUT2D eigenvalue weighted by Crippen LogP contribution is -2.43. The minimum atomic E-state index is 0.0951. The van der Waals surface area contributed by atoms with Crippen molar-refractivity contribution >= 4 is 28.6 Å². The summed E-state index contributed by atoms with van der Waals surface area (Å²) in [4.78, 5) is 10.1. The monoisotopic (exact) mass is 336 g/mol. The van der Waals surface area contributed by atoms with Gasteiger partial charge in [0.2, 0.25) is 0 Å². The fraction of sp³-hybridized carbons (Fsp3) is 0.500. The summed E-state index contributed by atoms with van der Waals surface area (Å²) in [5.74, 6) is 0.844. The molecule has 0 atom stereocenters. The maximum Gasteiger partial charge on any atom is 0.191 e. The summed E-state index contributed by atoms with van der Waals surface area (Å²) in [7, 11) is 1.81. The third kappa shape index (κ3) is 4.81. The van der Waals surface area contributed by atoms with E-state index in [1.165, 1.54) is 4.88 Å². The van der Waals surface area contributed by atoms with Gasteiger partial charge in [0.1, 0.15) is 0 Å². The fourth-order valence-electron chi connectivity index (χ4n) is 2.11. The van der Waals surface area contributed by atoms with Crippen molar-refractivity contribution in [3.05, 3.63) is 38.5 Å². The Bertz CT molecular complexity index is 599. The normalized spacial score (nSPS) is 12.5. The van der Waals surface area contributed by atoms with Crippen LogP contribution in [0.2, 0.25) is 0 Å². The van der Waals surface area contributed by atoms with E-state index in [1.54, 1.807) is 29.7 Å². The van der Waals surface area contributed by atoms with Crippen LogP contribution in [0.1, 0.15) is 29.4 Å². The highest BCUT2D eigenvalue weighted by Crippen LogP contribution is 2.26. The first-order valence-electron chi connectivity index (χ1n) is 7.41. The van der Waals surface area contributed by atoms with Crippen molar-refractivity contribution in [2.75, 3.05) is 20.1 Å². The lowest BCUT2D eigenvalue weighted by atomic mass is 9.91. The van der Waals surface area contributed by atoms with Crippen LogP contribution in [0.4, 0.5) is 0 Å². The van der Waals surface area contributed by atoms with Gasteiger partial charge in [-0.3, -0.25) is 4.99 Å². The Morgan fingerprint density at radius 1 is 1.32 bits per heavy atom. The molecule has 0 aliphatic heterocycles. The lowest BCUT2D eigenvalue weighted by molar-refractivity contribution is 0.518. The maximum atomic E-state index is 4.47. The Morgan fingerprint density at radius 3 is 2.73 bits per heavy atom. The Kier molecular flexibility index (Phi) is 5.97. The topological polar surface area (TPSA) is 49.3 Å². The van der Waals surface area contributed by atoms with E-state index in [9.17, 15) is 0 Å². The van der Waals surface area contributed by atoms with Crippen LogP contribution in [0.5, 0.6) is 0 Å². The average molecular weight is 337 g/mol. The van der Waals surface area contributed by atoms with Crippen molar-refractivity contribution in [2.24, 2.45) is 4.99 Å². The second-order valence-corrected chi connectivity index (χ2v) is 7.83. The van der Waals surface area contributed by atoms with E-state index >= 15 is 0 Å². The quantitative estimate of drug-likeness (QED) is 0.629. The predicted molar refractivity (Wildman–Crippen MR) is 97.3 cm³/mol. The third-order valence-corrected chi connectivity index (χ3v) is 5.51. The summed E-state index contributed by atoms with van der Waals surface area (Å²) in [6.45, 7) is 8.22. The summed E-state index contributed by atoms with van der Waals surface area (Å²) in [5, 5.41) is 12.1. The van der Waals surface area contributed by atoms with Crippen LogP contribution in [0.15, 0.2) is 27.9 Å². The number of guanidine groups is 1. The van der Waals surface area contributed by atoms with E-state index in [0.29, 0.717) is 0 Å². The molecule has 2 heterocycles. The molecule has 0 unspecified atom stereocenters. The van der Waals surface area contributed by atoms with Crippen LogP contribution < -0.4 is 10.6 Å². The molecule has 0 bridgehead atoms. The van der Waals surface area contributed by atoms with Gasteiger partial charge in [-0.2, -0.15) is 0 Å². The fourth-order valence-corrected chi connectivity index (χ4v) is 3.61. The van der Waals surface area contributed by atoms with Crippen molar-refractivity contribution in [1.82, 2.24) is 15.6 Å². The molecular weight excluding hydrogens is 312 g/mol. The highest BCUT2D eigenvalue weighted by Gasteiger charge is 2.21. The van der Waals surface area contributed by atoms with Gasteiger partial charge in [-0.25, -0.2) is 4.98 Å². The van der Waals surface area contributed by atoms with Gasteiger partial charge in [-0.05, 0) is 18.4 Å². The van der Waals surface area contributed by atoms with Gasteiger partial charge in [0.05, 0.1) is 10.7 Å². The smallest absolute Gasteiger partial charge is 0.191 e. The van der Waals surface area contributed by atoms with Crippen molar-refractivity contribution in [1.29, 1.82) is 0 Å². The molecule has 120 valence electrons. The molecule has 4 nitrogen and oxygen atoms in total. The summed E-state index contributed by atoms with van der Waals surface area (Å²) >= 11 is 3.50. The van der Waals surface area contributed by atoms with E-state index in [1.807, 2.05) is 6.92 Å². The predicted octanol–water partition coefficient (Wildman–Crippen LogP) is 3.20. The summed E-state index contributed by atoms with van der Waals surface area (Å²) in [6, 6.07) is 4.29. The second-order valence-electron chi connectivity index (χ2n) is 5.82. The van der Waals surface area contributed by atoms with Gasteiger partial charge in [-0.15, -0.1) is 22.7 Å². The van der Waals surface area contributed by atoms with Crippen LogP contribution in [-0.4, -0.2) is 31.1 Å². The molecule has 22 heavy (non-hydrogen) atoms. The molecule has 0 saturated heterocycles. The number of nitrogens with one attached hydrogen (secondary N) is 2. The number of thiazole rings is 1. The van der Waals surface area contributed by atoms with Crippen LogP contribution in [-0.2, 0) is 11.8 Å². The molecular formula is C16H24N4S2. The van der Waals surface area contributed by atoms with Gasteiger partial charge in [-0.1, -0.05) is 19.9 Å². The van der Waals surface area contributed by atoms with Gasteiger partial charge < -0.3 is 10.6 Å². The summed E-state index contributed by atoms with van der Waals surface area (Å²) < 4.78 is 0. The standard InChI is InChI=1S/C16H24N4S2/c1-12-20-13(10-22-12)7-8-18-15(17-4)19-11-16(2,3)14-6-5-9-21-14/h5-6,9-10H,7-8,11H2,1-4H3,(H2,17,18,19). The number of hydrogen-bond donors (Lipinski definition) is 2. The second kappa shape index (κ2) is 7.74. The van der Waals surface area contributed by atoms with Gasteiger partial charge in [0.15, 0.2) is 5.96 Å². The number of aryl methyl sites for hydroxylation is 1. The van der Waals surface area contributed by atoms with E-state index in [2.05, 4.69) is 57.4 Å². The van der Waals surface area contributed by atoms with E-state index in [0.717, 1.165) is 36.2 Å². The van der Waals surface area contributed by atoms with Crippen molar-refractivity contribution < 1.29 is 0 Å². The Morgan fingerprint density at radius 2 is 2.14 bits per heavy atom. The number of aliphatic imine (C=N–C) groups is 1. The highest BCUT2D eigenvalue weighted by atomic mass is 32.1. The summed E-state index contributed by atoms with van der Waals surface area (Å²) in [6.07, 6.45) is 0.916. The van der Waals surface area contributed by atoms with Crippen molar-refractivity contribution in [2.45, 2.75) is 32.6 Å². The maximum absolute atomic E-state index is 4.47. The van der Waals surface area contributed by atoms with Gasteiger partial charge in [0, 0.05) is 42.2 Å². The molecule has 0 fully saturated rings. The molecule has 0 spiro atoms. The van der Waals surface area contributed by atoms with Gasteiger partial charge in [0.25, 0.3) is 0 Å². The first-order valence-corrected chi connectivity index (χ1v) is 9.17. The molecule has 6 heteroatoms. The Balaban J connectivity index is 1.78. The highest BCUT2D eigenvalue weighted by molar-refractivity contribution is 7.10. The van der Waals surface area contributed by atoms with E-state index in [4.69, 9.17) is 0 Å². The molecule has 2 aromatic heterocycles. The van der Waals surface area contributed by atoms with E-state index < -0.39 is 0 Å². The Labute approximate surface area is 140 Å². The minimum absolute atomic E-state index is 0.0951. The van der Waals surface area contributed by atoms with E-state index in [-0.39, 0.29) is 5.41 Å². The zero-order valence-corrected chi connectivity index (χ0v) is 15.3. The number of nitrogens with zero attached hydrogens (tertiary/aromatic N) is 2. The first kappa shape index (κ1) is 17.0. The molecule has 2 rings (SSSR count). The molecule has 0 aromatic carbocycles. The average Bonchev–Trinajstić information content (AvgIpc) is 3.14. The molecule has 0 aliphatic carbocycles. The lowest BCUT2D eigenvalue weighted by Gasteiger charge is -2.25. The van der Waals surface area contributed by atoms with Crippen LogP contribution in [0.3, 0.4) is 0 Å². The number of rotatable bonds is 6. The van der Waals surface area contributed by atoms with Gasteiger partial charge >= 0.3 is 0 Å². The van der Waals surface area contributed by atoms with Crippen LogP contribution in [0, 0.1) is 6.92 Å².